The zero-order valence-corrected chi connectivity index (χ0v) is 15.2. The number of aromatic nitrogens is 2. The molecule has 1 aromatic heterocycles. The quantitative estimate of drug-likeness (QED) is 0.535. The van der Waals surface area contributed by atoms with Gasteiger partial charge in [-0.25, -0.2) is 4.98 Å². The van der Waals surface area contributed by atoms with Crippen molar-refractivity contribution in [2.45, 2.75) is 0 Å². The van der Waals surface area contributed by atoms with Crippen molar-refractivity contribution < 1.29 is 4.74 Å². The summed E-state index contributed by atoms with van der Waals surface area (Å²) in [5.74, 6) is 1.76. The highest BCUT2D eigenvalue weighted by molar-refractivity contribution is 5.83. The van der Waals surface area contributed by atoms with Crippen LogP contribution in [0, 0.1) is 0 Å². The maximum atomic E-state index is 5.28. The topological polar surface area (TPSA) is 30.3 Å². The fraction of sp³-hybridized carbons (Fsp3) is 0.136. The summed E-state index contributed by atoms with van der Waals surface area (Å²) in [5, 5.41) is 0. The molecule has 0 aliphatic rings. The average molecular weight is 343 g/mol. The number of anilines is 1. The van der Waals surface area contributed by atoms with E-state index in [0.29, 0.717) is 0 Å². The highest BCUT2D eigenvalue weighted by Gasteiger charge is 2.14. The Hall–Kier alpha value is -3.27. The molecule has 3 aromatic carbocycles. The standard InChI is InChI=1S/C22H21N3O/c1-24(2)17-10-12-18(13-11-17)25-21-7-5-4-6-20(21)23-22(25)16-8-14-19(26-3)15-9-16/h4-15H,1-3H3. The predicted molar refractivity (Wildman–Crippen MR) is 107 cm³/mol. The van der Waals surface area contributed by atoms with Crippen molar-refractivity contribution in [2.24, 2.45) is 0 Å². The van der Waals surface area contributed by atoms with E-state index in [-0.39, 0.29) is 0 Å². The number of hydrogen-bond donors (Lipinski definition) is 0. The number of nitrogens with zero attached hydrogens (tertiary/aromatic N) is 3. The van der Waals surface area contributed by atoms with Crippen LogP contribution in [0.4, 0.5) is 5.69 Å². The first kappa shape index (κ1) is 16.2. The van der Waals surface area contributed by atoms with Gasteiger partial charge >= 0.3 is 0 Å². The van der Waals surface area contributed by atoms with Crippen molar-refractivity contribution in [1.82, 2.24) is 9.55 Å². The summed E-state index contributed by atoms with van der Waals surface area (Å²) in [5.41, 5.74) is 5.39. The van der Waals surface area contributed by atoms with Crippen molar-refractivity contribution in [3.63, 3.8) is 0 Å². The van der Waals surface area contributed by atoms with Crippen LogP contribution in [0.25, 0.3) is 28.1 Å². The number of para-hydroxylation sites is 2. The normalized spacial score (nSPS) is 10.9. The number of rotatable bonds is 4. The Labute approximate surface area is 153 Å². The second kappa shape index (κ2) is 6.56. The lowest BCUT2D eigenvalue weighted by Crippen LogP contribution is -2.08. The number of methoxy groups -OCH3 is 1. The monoisotopic (exact) mass is 343 g/mol. The molecule has 130 valence electrons. The second-order valence-corrected chi connectivity index (χ2v) is 6.40. The van der Waals surface area contributed by atoms with Gasteiger partial charge in [0.05, 0.1) is 18.1 Å². The molecule has 4 heteroatoms. The van der Waals surface area contributed by atoms with Gasteiger partial charge in [-0.05, 0) is 60.7 Å². The molecular formula is C22H21N3O. The fourth-order valence-electron chi connectivity index (χ4n) is 3.12. The number of hydrogen-bond acceptors (Lipinski definition) is 3. The van der Waals surface area contributed by atoms with E-state index in [1.807, 2.05) is 56.6 Å². The minimum atomic E-state index is 0.840. The van der Waals surface area contributed by atoms with Crippen LogP contribution in [0.15, 0.2) is 72.8 Å². The van der Waals surface area contributed by atoms with Crippen molar-refractivity contribution in [3.8, 4) is 22.8 Å². The summed E-state index contributed by atoms with van der Waals surface area (Å²) < 4.78 is 7.49. The van der Waals surface area contributed by atoms with Crippen molar-refractivity contribution in [2.75, 3.05) is 26.1 Å². The number of fused-ring (bicyclic) bond motifs is 1. The molecule has 0 saturated carbocycles. The lowest BCUT2D eigenvalue weighted by Gasteiger charge is -2.14. The third kappa shape index (κ3) is 2.80. The summed E-state index contributed by atoms with van der Waals surface area (Å²) in [6, 6.07) is 24.8. The molecule has 0 N–H and O–H groups in total. The minimum Gasteiger partial charge on any atom is -0.497 e. The van der Waals surface area contributed by atoms with Crippen LogP contribution in [0.1, 0.15) is 0 Å². The van der Waals surface area contributed by atoms with Gasteiger partial charge in [0.25, 0.3) is 0 Å². The van der Waals surface area contributed by atoms with Gasteiger partial charge in [-0.3, -0.25) is 4.57 Å². The SMILES string of the molecule is COc1ccc(-c2nc3ccccc3n2-c2ccc(N(C)C)cc2)cc1. The Morgan fingerprint density at radius 2 is 1.54 bits per heavy atom. The zero-order valence-electron chi connectivity index (χ0n) is 15.2. The molecule has 0 radical (unpaired) electrons. The van der Waals surface area contributed by atoms with Gasteiger partial charge in [0.1, 0.15) is 11.6 Å². The molecule has 0 aliphatic heterocycles. The molecule has 26 heavy (non-hydrogen) atoms. The number of imidazole rings is 1. The van der Waals surface area contributed by atoms with Crippen molar-refractivity contribution in [1.29, 1.82) is 0 Å². The van der Waals surface area contributed by atoms with Crippen LogP contribution in [0.5, 0.6) is 5.75 Å². The Kier molecular flexibility index (Phi) is 4.09. The first-order valence-corrected chi connectivity index (χ1v) is 8.57. The second-order valence-electron chi connectivity index (χ2n) is 6.40. The Morgan fingerprint density at radius 3 is 2.19 bits per heavy atom. The number of ether oxygens (including phenoxy) is 1. The summed E-state index contributed by atoms with van der Waals surface area (Å²) in [4.78, 5) is 6.98. The third-order valence-corrected chi connectivity index (χ3v) is 4.53. The van der Waals surface area contributed by atoms with Gasteiger partial charge in [-0.1, -0.05) is 12.1 Å². The van der Waals surface area contributed by atoms with E-state index in [1.54, 1.807) is 7.11 Å². The van der Waals surface area contributed by atoms with E-state index in [1.165, 1.54) is 5.69 Å². The predicted octanol–water partition coefficient (Wildman–Crippen LogP) is 4.77. The zero-order chi connectivity index (χ0) is 18.1. The third-order valence-electron chi connectivity index (χ3n) is 4.53. The fourth-order valence-corrected chi connectivity index (χ4v) is 3.12. The van der Waals surface area contributed by atoms with Crippen molar-refractivity contribution >= 4 is 16.7 Å². The molecule has 0 saturated heterocycles. The molecule has 0 aliphatic carbocycles. The van der Waals surface area contributed by atoms with Crippen LogP contribution >= 0.6 is 0 Å². The highest BCUT2D eigenvalue weighted by atomic mass is 16.5. The van der Waals surface area contributed by atoms with Gasteiger partial charge in [-0.15, -0.1) is 0 Å². The summed E-state index contributed by atoms with van der Waals surface area (Å²) >= 11 is 0. The average Bonchev–Trinajstić information content (AvgIpc) is 3.07. The largest absolute Gasteiger partial charge is 0.497 e. The molecule has 0 amide bonds. The summed E-state index contributed by atoms with van der Waals surface area (Å²) in [7, 11) is 5.77. The Morgan fingerprint density at radius 1 is 0.846 bits per heavy atom. The first-order valence-electron chi connectivity index (χ1n) is 8.57. The minimum absolute atomic E-state index is 0.840. The van der Waals surface area contributed by atoms with Crippen molar-refractivity contribution in [3.05, 3.63) is 72.8 Å². The smallest absolute Gasteiger partial charge is 0.145 e. The summed E-state index contributed by atoms with van der Waals surface area (Å²) in [6.07, 6.45) is 0. The maximum Gasteiger partial charge on any atom is 0.145 e. The van der Waals surface area contributed by atoms with Crippen LogP contribution in [0.2, 0.25) is 0 Å². The van der Waals surface area contributed by atoms with Gasteiger partial charge in [-0.2, -0.15) is 0 Å². The first-order chi connectivity index (χ1) is 12.7. The van der Waals surface area contributed by atoms with E-state index >= 15 is 0 Å². The van der Waals surface area contributed by atoms with E-state index in [0.717, 1.165) is 33.9 Å². The molecular weight excluding hydrogens is 322 g/mol. The van der Waals surface area contributed by atoms with Crippen LogP contribution in [-0.2, 0) is 0 Å². The van der Waals surface area contributed by atoms with Crippen LogP contribution < -0.4 is 9.64 Å². The molecule has 0 atom stereocenters. The van der Waals surface area contributed by atoms with Crippen LogP contribution in [-0.4, -0.2) is 30.8 Å². The molecule has 0 spiro atoms. The molecule has 0 fully saturated rings. The molecule has 0 unspecified atom stereocenters. The Balaban J connectivity index is 1.91. The van der Waals surface area contributed by atoms with Gasteiger partial charge in [0, 0.05) is 31.0 Å². The number of benzene rings is 3. The van der Waals surface area contributed by atoms with Gasteiger partial charge < -0.3 is 9.64 Å². The van der Waals surface area contributed by atoms with E-state index in [2.05, 4.69) is 39.8 Å². The van der Waals surface area contributed by atoms with Gasteiger partial charge in [0.15, 0.2) is 0 Å². The summed E-state index contributed by atoms with van der Waals surface area (Å²) in [6.45, 7) is 0. The van der Waals surface area contributed by atoms with Gasteiger partial charge in [0.2, 0.25) is 0 Å². The lowest BCUT2D eigenvalue weighted by atomic mass is 10.2. The van der Waals surface area contributed by atoms with E-state index in [4.69, 9.17) is 9.72 Å². The van der Waals surface area contributed by atoms with E-state index < -0.39 is 0 Å². The molecule has 0 bridgehead atoms. The van der Waals surface area contributed by atoms with Crippen LogP contribution in [0.3, 0.4) is 0 Å². The lowest BCUT2D eigenvalue weighted by molar-refractivity contribution is 0.415. The highest BCUT2D eigenvalue weighted by Crippen LogP contribution is 2.30. The molecule has 4 rings (SSSR count). The molecule has 4 nitrogen and oxygen atoms in total. The maximum absolute atomic E-state index is 5.28. The van der Waals surface area contributed by atoms with E-state index in [9.17, 15) is 0 Å². The molecule has 4 aromatic rings. The molecule has 1 heterocycles. The Bertz CT molecular complexity index is 1030.